The largest absolute Gasteiger partial charge is 0.326 e. The zero-order chi connectivity index (χ0) is 21.3. The number of nitrogens with one attached hydrogen (secondary N) is 2. The summed E-state index contributed by atoms with van der Waals surface area (Å²) in [6.45, 7) is 11.1. The van der Waals surface area contributed by atoms with Crippen molar-refractivity contribution in [1.82, 2.24) is 0 Å². The molecule has 154 valence electrons. The highest BCUT2D eigenvalue weighted by Gasteiger charge is 2.24. The number of hydrogen-bond donors (Lipinski definition) is 2. The van der Waals surface area contributed by atoms with E-state index >= 15 is 0 Å². The van der Waals surface area contributed by atoms with Crippen molar-refractivity contribution in [3.63, 3.8) is 0 Å². The zero-order valence-corrected chi connectivity index (χ0v) is 17.6. The van der Waals surface area contributed by atoms with Crippen LogP contribution in [-0.2, 0) is 9.59 Å². The molecule has 0 heterocycles. The summed E-state index contributed by atoms with van der Waals surface area (Å²) in [5.41, 5.74) is 2.84. The Morgan fingerprint density at radius 2 is 1.17 bits per heavy atom. The van der Waals surface area contributed by atoms with Crippen LogP contribution in [0.5, 0.6) is 0 Å². The molecule has 2 aromatic rings. The number of rotatable bonds is 9. The smallest absolute Gasteiger partial charge is 0.279 e. The number of benzene rings is 2. The van der Waals surface area contributed by atoms with Gasteiger partial charge >= 0.3 is 0 Å². The van der Waals surface area contributed by atoms with Crippen LogP contribution in [0.3, 0.4) is 0 Å². The zero-order valence-electron chi connectivity index (χ0n) is 17.6. The molecular weight excluding hydrogens is 366 g/mol. The molecule has 0 aliphatic heterocycles. The van der Waals surface area contributed by atoms with Crippen LogP contribution in [0, 0.1) is 0 Å². The fourth-order valence-electron chi connectivity index (χ4n) is 3.05. The van der Waals surface area contributed by atoms with Crippen molar-refractivity contribution in [3.8, 4) is 0 Å². The maximum atomic E-state index is 12.4. The minimum absolute atomic E-state index is 0.0178. The molecule has 2 aromatic carbocycles. The molecule has 0 radical (unpaired) electrons. The summed E-state index contributed by atoms with van der Waals surface area (Å²) >= 11 is 0. The first kappa shape index (κ1) is 22.2. The maximum absolute atomic E-state index is 12.4. The summed E-state index contributed by atoms with van der Waals surface area (Å²) in [6, 6.07) is 14.4. The van der Waals surface area contributed by atoms with Gasteiger partial charge in [-0.2, -0.15) is 10.2 Å². The second kappa shape index (κ2) is 10.5. The standard InChI is InChI=1S/C22H29N5O2/c1-5-27(6-2,7-3)16-22(29)24-19-10-14-21(15-11-19)26-25-20-12-8-18(9-13-20)23-17(4)28/h8-15H,5-7,16H2,1-4H3,(H-,23,24,25,26,28,29)/p+1. The van der Waals surface area contributed by atoms with E-state index in [1.807, 2.05) is 24.3 Å². The molecule has 0 bridgehead atoms. The number of hydrogen-bond acceptors (Lipinski definition) is 4. The minimum Gasteiger partial charge on any atom is -0.326 e. The third kappa shape index (κ3) is 6.80. The fourth-order valence-corrected chi connectivity index (χ4v) is 3.05. The molecule has 0 aliphatic carbocycles. The Balaban J connectivity index is 1.95. The van der Waals surface area contributed by atoms with Crippen LogP contribution in [0.1, 0.15) is 27.7 Å². The number of quaternary nitrogens is 1. The van der Waals surface area contributed by atoms with Gasteiger partial charge in [-0.05, 0) is 69.3 Å². The van der Waals surface area contributed by atoms with Gasteiger partial charge in [0.25, 0.3) is 5.91 Å². The summed E-state index contributed by atoms with van der Waals surface area (Å²) < 4.78 is 0.777. The molecule has 2 amide bonds. The van der Waals surface area contributed by atoms with Crippen molar-refractivity contribution in [2.75, 3.05) is 36.8 Å². The van der Waals surface area contributed by atoms with Crippen molar-refractivity contribution in [2.24, 2.45) is 10.2 Å². The Kier molecular flexibility index (Phi) is 8.03. The first-order valence-electron chi connectivity index (χ1n) is 9.94. The number of azo groups is 1. The molecule has 7 heteroatoms. The number of amides is 2. The van der Waals surface area contributed by atoms with Crippen LogP contribution in [0.25, 0.3) is 0 Å². The Morgan fingerprint density at radius 3 is 1.55 bits per heavy atom. The average Bonchev–Trinajstić information content (AvgIpc) is 2.72. The van der Waals surface area contributed by atoms with Gasteiger partial charge in [0.05, 0.1) is 31.0 Å². The van der Waals surface area contributed by atoms with Crippen LogP contribution in [0.15, 0.2) is 58.8 Å². The normalized spacial score (nSPS) is 11.4. The van der Waals surface area contributed by atoms with Gasteiger partial charge in [0.1, 0.15) is 0 Å². The van der Waals surface area contributed by atoms with Crippen molar-refractivity contribution < 1.29 is 14.1 Å². The second-order valence-electron chi connectivity index (χ2n) is 6.97. The molecule has 2 N–H and O–H groups in total. The fraction of sp³-hybridized carbons (Fsp3) is 0.364. The number of anilines is 2. The van der Waals surface area contributed by atoms with Crippen molar-refractivity contribution in [1.29, 1.82) is 0 Å². The Morgan fingerprint density at radius 1 is 0.759 bits per heavy atom. The van der Waals surface area contributed by atoms with E-state index in [1.165, 1.54) is 6.92 Å². The van der Waals surface area contributed by atoms with Crippen LogP contribution >= 0.6 is 0 Å². The van der Waals surface area contributed by atoms with Gasteiger partial charge in [-0.1, -0.05) is 0 Å². The maximum Gasteiger partial charge on any atom is 0.279 e. The van der Waals surface area contributed by atoms with Gasteiger partial charge in [0, 0.05) is 18.3 Å². The Hall–Kier alpha value is -3.06. The molecule has 0 atom stereocenters. The highest BCUT2D eigenvalue weighted by atomic mass is 16.2. The molecule has 0 aliphatic rings. The first-order valence-corrected chi connectivity index (χ1v) is 9.94. The highest BCUT2D eigenvalue weighted by Crippen LogP contribution is 2.22. The minimum atomic E-state index is -0.115. The quantitative estimate of drug-likeness (QED) is 0.468. The van der Waals surface area contributed by atoms with Gasteiger partial charge < -0.3 is 15.1 Å². The third-order valence-electron chi connectivity index (χ3n) is 5.11. The molecule has 2 rings (SSSR count). The lowest BCUT2D eigenvalue weighted by Gasteiger charge is -2.34. The van der Waals surface area contributed by atoms with E-state index < -0.39 is 0 Å². The van der Waals surface area contributed by atoms with Crippen molar-refractivity contribution in [3.05, 3.63) is 48.5 Å². The van der Waals surface area contributed by atoms with E-state index in [0.717, 1.165) is 29.8 Å². The molecule has 0 aromatic heterocycles. The molecular formula is C22H30N5O2+. The Bertz CT molecular complexity index is 832. The summed E-state index contributed by atoms with van der Waals surface area (Å²) in [6.07, 6.45) is 0. The summed E-state index contributed by atoms with van der Waals surface area (Å²) in [7, 11) is 0. The van der Waals surface area contributed by atoms with E-state index in [9.17, 15) is 9.59 Å². The number of carbonyl (C=O) groups excluding carboxylic acids is 2. The van der Waals surface area contributed by atoms with E-state index in [-0.39, 0.29) is 11.8 Å². The van der Waals surface area contributed by atoms with Crippen molar-refractivity contribution >= 4 is 34.6 Å². The predicted molar refractivity (Wildman–Crippen MR) is 117 cm³/mol. The molecule has 7 nitrogen and oxygen atoms in total. The monoisotopic (exact) mass is 396 g/mol. The SMILES string of the molecule is CC[N+](CC)(CC)CC(=O)Nc1ccc(N=Nc2ccc(NC(C)=O)cc2)cc1. The average molecular weight is 397 g/mol. The molecule has 0 fully saturated rings. The number of nitrogens with zero attached hydrogens (tertiary/aromatic N) is 3. The number of likely N-dealkylation sites (N-methyl/N-ethyl adjacent to an activating group) is 1. The molecule has 0 unspecified atom stereocenters. The van der Waals surface area contributed by atoms with Gasteiger partial charge in [0.2, 0.25) is 5.91 Å². The van der Waals surface area contributed by atoms with Crippen LogP contribution in [0.2, 0.25) is 0 Å². The summed E-state index contributed by atoms with van der Waals surface area (Å²) in [4.78, 5) is 23.4. The van der Waals surface area contributed by atoms with Gasteiger partial charge in [-0.15, -0.1) is 0 Å². The van der Waals surface area contributed by atoms with Crippen LogP contribution in [-0.4, -0.2) is 42.5 Å². The van der Waals surface area contributed by atoms with Crippen LogP contribution in [0.4, 0.5) is 22.7 Å². The number of carbonyl (C=O) groups is 2. The molecule has 0 saturated carbocycles. The lowest BCUT2D eigenvalue weighted by molar-refractivity contribution is -0.915. The topological polar surface area (TPSA) is 82.9 Å². The first-order chi connectivity index (χ1) is 13.9. The van der Waals surface area contributed by atoms with E-state index in [0.29, 0.717) is 23.6 Å². The van der Waals surface area contributed by atoms with Gasteiger partial charge in [-0.25, -0.2) is 0 Å². The summed E-state index contributed by atoms with van der Waals surface area (Å²) in [5.74, 6) is -0.0977. The highest BCUT2D eigenvalue weighted by molar-refractivity contribution is 5.91. The molecule has 0 saturated heterocycles. The van der Waals surface area contributed by atoms with Crippen LogP contribution < -0.4 is 10.6 Å². The van der Waals surface area contributed by atoms with Gasteiger partial charge in [-0.3, -0.25) is 9.59 Å². The molecule has 0 spiro atoms. The van der Waals surface area contributed by atoms with E-state index in [2.05, 4.69) is 41.6 Å². The Labute approximate surface area is 172 Å². The van der Waals surface area contributed by atoms with Crippen molar-refractivity contribution in [2.45, 2.75) is 27.7 Å². The lowest BCUT2D eigenvalue weighted by atomic mass is 10.2. The molecule has 29 heavy (non-hydrogen) atoms. The second-order valence-corrected chi connectivity index (χ2v) is 6.97. The lowest BCUT2D eigenvalue weighted by Crippen LogP contribution is -2.51. The van der Waals surface area contributed by atoms with Gasteiger partial charge in [0.15, 0.2) is 6.54 Å². The summed E-state index contributed by atoms with van der Waals surface area (Å²) in [5, 5.41) is 14.1. The third-order valence-corrected chi connectivity index (χ3v) is 5.11. The predicted octanol–water partition coefficient (Wildman–Crippen LogP) is 4.88. The van der Waals surface area contributed by atoms with E-state index in [4.69, 9.17) is 0 Å². The van der Waals surface area contributed by atoms with E-state index in [1.54, 1.807) is 24.3 Å².